The van der Waals surface area contributed by atoms with E-state index in [2.05, 4.69) is 4.98 Å². The van der Waals surface area contributed by atoms with Gasteiger partial charge in [0.15, 0.2) is 0 Å². The van der Waals surface area contributed by atoms with Crippen LogP contribution >= 0.6 is 0 Å². The fraction of sp³-hybridized carbons (Fsp3) is 0.417. The van der Waals surface area contributed by atoms with Gasteiger partial charge < -0.3 is 15.6 Å². The first-order valence-corrected chi connectivity index (χ1v) is 5.55. The van der Waals surface area contributed by atoms with Crippen molar-refractivity contribution >= 4 is 11.9 Å². The first-order chi connectivity index (χ1) is 8.48. The van der Waals surface area contributed by atoms with Crippen LogP contribution in [0.25, 0.3) is 0 Å². The van der Waals surface area contributed by atoms with Gasteiger partial charge in [-0.05, 0) is 18.6 Å². The summed E-state index contributed by atoms with van der Waals surface area (Å²) in [6.45, 7) is 1.91. The molecule has 0 saturated carbocycles. The van der Waals surface area contributed by atoms with Crippen molar-refractivity contribution in [2.24, 2.45) is 5.73 Å². The van der Waals surface area contributed by atoms with Crippen molar-refractivity contribution in [2.45, 2.75) is 25.3 Å². The molecule has 6 nitrogen and oxygen atoms in total. The summed E-state index contributed by atoms with van der Waals surface area (Å²) >= 11 is 0. The minimum Gasteiger partial charge on any atom is -0.481 e. The first kappa shape index (κ1) is 14.1. The van der Waals surface area contributed by atoms with Crippen molar-refractivity contribution in [3.63, 3.8) is 0 Å². The molecule has 0 radical (unpaired) electrons. The van der Waals surface area contributed by atoms with Gasteiger partial charge in [-0.25, -0.2) is 0 Å². The molecule has 0 bridgehead atoms. The van der Waals surface area contributed by atoms with Gasteiger partial charge in [0.1, 0.15) is 0 Å². The lowest BCUT2D eigenvalue weighted by Crippen LogP contribution is -2.41. The Morgan fingerprint density at radius 2 is 2.22 bits per heavy atom. The maximum absolute atomic E-state index is 11.5. The first-order valence-electron chi connectivity index (χ1n) is 5.55. The molecule has 0 saturated heterocycles. The molecule has 0 aliphatic rings. The minimum atomic E-state index is -1.30. The Morgan fingerprint density at radius 3 is 2.72 bits per heavy atom. The lowest BCUT2D eigenvalue weighted by molar-refractivity contribution is -0.145. The number of hydrogen-bond acceptors (Lipinski definition) is 5. The standard InChI is InChI=1S/C12H16N2O4/c1-2-18-11(17)7-12(13,6-10(15)16)9-4-3-5-14-8-9/h3-5,8H,2,6-7,13H2,1H3,(H,15,16). The Balaban J connectivity index is 2.95. The number of esters is 1. The Hall–Kier alpha value is -1.95. The second-order valence-corrected chi connectivity index (χ2v) is 3.95. The second-order valence-electron chi connectivity index (χ2n) is 3.95. The van der Waals surface area contributed by atoms with E-state index in [0.29, 0.717) is 5.56 Å². The molecule has 0 amide bonds. The summed E-state index contributed by atoms with van der Waals surface area (Å²) in [6, 6.07) is 3.29. The van der Waals surface area contributed by atoms with Crippen molar-refractivity contribution in [2.75, 3.05) is 6.61 Å². The number of carboxylic acids is 1. The smallest absolute Gasteiger partial charge is 0.308 e. The number of carbonyl (C=O) groups is 2. The number of carboxylic acid groups (broad SMARTS) is 1. The molecule has 1 rings (SSSR count). The van der Waals surface area contributed by atoms with Gasteiger partial charge in [-0.3, -0.25) is 14.6 Å². The highest BCUT2D eigenvalue weighted by Crippen LogP contribution is 2.26. The Kier molecular flexibility index (Phi) is 4.79. The molecule has 18 heavy (non-hydrogen) atoms. The predicted molar refractivity (Wildman–Crippen MR) is 63.6 cm³/mol. The highest BCUT2D eigenvalue weighted by molar-refractivity contribution is 5.75. The van der Waals surface area contributed by atoms with E-state index in [1.807, 2.05) is 0 Å². The fourth-order valence-corrected chi connectivity index (χ4v) is 1.66. The number of pyridine rings is 1. The number of nitrogens with two attached hydrogens (primary N) is 1. The van der Waals surface area contributed by atoms with Gasteiger partial charge in [-0.2, -0.15) is 0 Å². The summed E-state index contributed by atoms with van der Waals surface area (Å²) in [6.07, 6.45) is 2.45. The predicted octanol–water partition coefficient (Wildman–Crippen LogP) is 0.663. The molecule has 6 heteroatoms. The van der Waals surface area contributed by atoms with E-state index in [-0.39, 0.29) is 19.4 Å². The molecule has 1 unspecified atom stereocenters. The zero-order valence-corrected chi connectivity index (χ0v) is 10.1. The third kappa shape index (κ3) is 3.81. The molecule has 1 aromatic heterocycles. The normalized spacial score (nSPS) is 13.7. The highest BCUT2D eigenvalue weighted by atomic mass is 16.5. The molecule has 0 aromatic carbocycles. The van der Waals surface area contributed by atoms with Crippen LogP contribution in [0.15, 0.2) is 24.5 Å². The van der Waals surface area contributed by atoms with Crippen LogP contribution in [0.2, 0.25) is 0 Å². The number of ether oxygens (including phenoxy) is 1. The topological polar surface area (TPSA) is 103 Å². The lowest BCUT2D eigenvalue weighted by Gasteiger charge is -2.26. The van der Waals surface area contributed by atoms with Crippen molar-refractivity contribution in [3.8, 4) is 0 Å². The maximum Gasteiger partial charge on any atom is 0.308 e. The van der Waals surface area contributed by atoms with Gasteiger partial charge in [0.25, 0.3) is 0 Å². The van der Waals surface area contributed by atoms with Crippen LogP contribution in [0.3, 0.4) is 0 Å². The summed E-state index contributed by atoms with van der Waals surface area (Å²) in [7, 11) is 0. The van der Waals surface area contributed by atoms with Crippen molar-refractivity contribution < 1.29 is 19.4 Å². The van der Waals surface area contributed by atoms with Gasteiger partial charge in [0.05, 0.1) is 25.0 Å². The number of rotatable bonds is 6. The van der Waals surface area contributed by atoms with E-state index in [4.69, 9.17) is 15.6 Å². The Bertz CT molecular complexity index is 421. The largest absolute Gasteiger partial charge is 0.481 e. The molecule has 1 atom stereocenters. The van der Waals surface area contributed by atoms with E-state index < -0.39 is 17.5 Å². The van der Waals surface area contributed by atoms with E-state index in [1.165, 1.54) is 6.20 Å². The van der Waals surface area contributed by atoms with Gasteiger partial charge in [-0.1, -0.05) is 6.07 Å². The van der Waals surface area contributed by atoms with Gasteiger partial charge in [0, 0.05) is 12.4 Å². The molecule has 0 fully saturated rings. The van der Waals surface area contributed by atoms with E-state index >= 15 is 0 Å². The maximum atomic E-state index is 11.5. The van der Waals surface area contributed by atoms with Gasteiger partial charge in [-0.15, -0.1) is 0 Å². The number of aliphatic carboxylic acids is 1. The molecule has 0 aliphatic carbocycles. The summed E-state index contributed by atoms with van der Waals surface area (Å²) in [5.41, 5.74) is 5.23. The Morgan fingerprint density at radius 1 is 1.50 bits per heavy atom. The van der Waals surface area contributed by atoms with Gasteiger partial charge in [0.2, 0.25) is 0 Å². The van der Waals surface area contributed by atoms with E-state index in [9.17, 15) is 9.59 Å². The second kappa shape index (κ2) is 6.11. The summed E-state index contributed by atoms with van der Waals surface area (Å²) in [5, 5.41) is 8.90. The summed E-state index contributed by atoms with van der Waals surface area (Å²) in [4.78, 5) is 26.3. The van der Waals surface area contributed by atoms with Crippen LogP contribution in [0, 0.1) is 0 Å². The number of aromatic nitrogens is 1. The monoisotopic (exact) mass is 252 g/mol. The summed E-state index contributed by atoms with van der Waals surface area (Å²) in [5.74, 6) is -1.60. The zero-order valence-electron chi connectivity index (χ0n) is 10.1. The zero-order chi connectivity index (χ0) is 13.6. The van der Waals surface area contributed by atoms with Crippen molar-refractivity contribution in [1.29, 1.82) is 0 Å². The van der Waals surface area contributed by atoms with Crippen LogP contribution in [0.4, 0.5) is 0 Å². The molecule has 1 heterocycles. The van der Waals surface area contributed by atoms with E-state index in [1.54, 1.807) is 25.3 Å². The van der Waals surface area contributed by atoms with Gasteiger partial charge >= 0.3 is 11.9 Å². The van der Waals surface area contributed by atoms with E-state index in [0.717, 1.165) is 0 Å². The molecule has 0 aliphatic heterocycles. The minimum absolute atomic E-state index is 0.196. The van der Waals surface area contributed by atoms with Crippen LogP contribution in [-0.2, 0) is 19.9 Å². The summed E-state index contributed by atoms with van der Waals surface area (Å²) < 4.78 is 4.81. The van der Waals surface area contributed by atoms with Crippen LogP contribution < -0.4 is 5.73 Å². The third-order valence-corrected chi connectivity index (χ3v) is 2.47. The average Bonchev–Trinajstić information content (AvgIpc) is 2.29. The lowest BCUT2D eigenvalue weighted by atomic mass is 9.85. The molecule has 3 N–H and O–H groups in total. The fourth-order valence-electron chi connectivity index (χ4n) is 1.66. The van der Waals surface area contributed by atoms with Crippen LogP contribution in [-0.4, -0.2) is 28.6 Å². The van der Waals surface area contributed by atoms with Crippen molar-refractivity contribution in [1.82, 2.24) is 4.98 Å². The molecule has 1 aromatic rings. The molecule has 98 valence electrons. The third-order valence-electron chi connectivity index (χ3n) is 2.47. The SMILES string of the molecule is CCOC(=O)CC(N)(CC(=O)O)c1cccnc1. The number of carbonyl (C=O) groups excluding carboxylic acids is 1. The quantitative estimate of drug-likeness (QED) is 0.721. The average molecular weight is 252 g/mol. The highest BCUT2D eigenvalue weighted by Gasteiger charge is 2.33. The van der Waals surface area contributed by atoms with Crippen LogP contribution in [0.5, 0.6) is 0 Å². The molecular formula is C12H16N2O4. The Labute approximate surface area is 105 Å². The molecular weight excluding hydrogens is 236 g/mol. The van der Waals surface area contributed by atoms with Crippen molar-refractivity contribution in [3.05, 3.63) is 30.1 Å². The molecule has 0 spiro atoms. The number of nitrogens with zero attached hydrogens (tertiary/aromatic N) is 1. The number of hydrogen-bond donors (Lipinski definition) is 2. The van der Waals surface area contributed by atoms with Crippen LogP contribution in [0.1, 0.15) is 25.3 Å².